The van der Waals surface area contributed by atoms with Gasteiger partial charge in [-0.3, -0.25) is 4.79 Å². The number of hydrogen-bond donors (Lipinski definition) is 1. The fourth-order valence-corrected chi connectivity index (χ4v) is 1.99. The summed E-state index contributed by atoms with van der Waals surface area (Å²) in [6.45, 7) is 2.93. The molecule has 1 aliphatic heterocycles. The molecule has 0 spiro atoms. The van der Waals surface area contributed by atoms with Crippen LogP contribution in [0.5, 0.6) is 0 Å². The van der Waals surface area contributed by atoms with E-state index in [0.717, 1.165) is 19.4 Å². The molecule has 2 heterocycles. The normalized spacial score (nSPS) is 20.6. The first-order valence-corrected chi connectivity index (χ1v) is 5.90. The van der Waals surface area contributed by atoms with Gasteiger partial charge in [-0.25, -0.2) is 0 Å². The maximum atomic E-state index is 11.8. The van der Waals surface area contributed by atoms with Crippen molar-refractivity contribution in [2.45, 2.75) is 38.7 Å². The lowest BCUT2D eigenvalue weighted by Crippen LogP contribution is -2.42. The monoisotopic (exact) mass is 239 g/mol. The molecule has 0 saturated carbocycles. The Hall–Kier alpha value is -1.43. The minimum absolute atomic E-state index is 0.0413. The Labute approximate surface area is 99.6 Å². The summed E-state index contributed by atoms with van der Waals surface area (Å²) in [7, 11) is 0. The highest BCUT2D eigenvalue weighted by atomic mass is 16.5. The molecule has 1 aromatic heterocycles. The number of β-amino-alcohol motifs (C(OH)–C–C–N with tert-alkyl or cyclic N) is 1. The minimum atomic E-state index is -0.377. The third-order valence-electron chi connectivity index (χ3n) is 2.87. The maximum Gasteiger partial charge on any atom is 0.227 e. The van der Waals surface area contributed by atoms with E-state index in [0.29, 0.717) is 31.1 Å². The smallest absolute Gasteiger partial charge is 0.227 e. The Morgan fingerprint density at radius 1 is 1.65 bits per heavy atom. The van der Waals surface area contributed by atoms with Crippen LogP contribution in [-0.2, 0) is 11.2 Å². The molecule has 0 unspecified atom stereocenters. The highest BCUT2D eigenvalue weighted by molar-refractivity contribution is 5.76. The lowest BCUT2D eigenvalue weighted by atomic mass is 10.1. The van der Waals surface area contributed by atoms with Crippen molar-refractivity contribution in [3.63, 3.8) is 0 Å². The van der Waals surface area contributed by atoms with Gasteiger partial charge in [-0.15, -0.1) is 0 Å². The van der Waals surface area contributed by atoms with Crippen LogP contribution in [0.15, 0.2) is 4.52 Å². The standard InChI is InChI=1S/C11H17N3O3/c1-8-12-10(17-13-8)4-5-11(16)14-6-2-3-9(15)7-14/h9,15H,2-7H2,1H3/t9-/m0/s1. The predicted octanol–water partition coefficient (Wildman–Crippen LogP) is 0.294. The molecule has 2 rings (SSSR count). The van der Waals surface area contributed by atoms with E-state index in [2.05, 4.69) is 10.1 Å². The van der Waals surface area contributed by atoms with Gasteiger partial charge in [0.15, 0.2) is 5.82 Å². The largest absolute Gasteiger partial charge is 0.391 e. The van der Waals surface area contributed by atoms with E-state index in [1.54, 1.807) is 11.8 Å². The molecule has 1 atom stereocenters. The summed E-state index contributed by atoms with van der Waals surface area (Å²) < 4.78 is 4.94. The molecule has 0 radical (unpaired) electrons. The van der Waals surface area contributed by atoms with Crippen molar-refractivity contribution in [1.29, 1.82) is 0 Å². The second-order valence-electron chi connectivity index (χ2n) is 4.37. The quantitative estimate of drug-likeness (QED) is 0.820. The first-order valence-electron chi connectivity index (χ1n) is 5.90. The van der Waals surface area contributed by atoms with Crippen molar-refractivity contribution < 1.29 is 14.4 Å². The third-order valence-corrected chi connectivity index (χ3v) is 2.87. The molecule has 0 aromatic carbocycles. The van der Waals surface area contributed by atoms with Crippen molar-refractivity contribution in [3.05, 3.63) is 11.7 Å². The molecule has 0 bridgehead atoms. The van der Waals surface area contributed by atoms with Gasteiger partial charge in [0.1, 0.15) is 0 Å². The second-order valence-corrected chi connectivity index (χ2v) is 4.37. The van der Waals surface area contributed by atoms with Gasteiger partial charge in [0.2, 0.25) is 11.8 Å². The molecule has 94 valence electrons. The molecule has 0 aliphatic carbocycles. The summed E-state index contributed by atoms with van der Waals surface area (Å²) >= 11 is 0. The number of carbonyl (C=O) groups excluding carboxylic acids is 1. The predicted molar refractivity (Wildman–Crippen MR) is 59.2 cm³/mol. The second kappa shape index (κ2) is 5.27. The number of aryl methyl sites for hydroxylation is 2. The van der Waals surface area contributed by atoms with Gasteiger partial charge in [0, 0.05) is 25.9 Å². The topological polar surface area (TPSA) is 79.5 Å². The van der Waals surface area contributed by atoms with Crippen molar-refractivity contribution in [2.24, 2.45) is 0 Å². The van der Waals surface area contributed by atoms with Crippen molar-refractivity contribution in [2.75, 3.05) is 13.1 Å². The van der Waals surface area contributed by atoms with Crippen LogP contribution >= 0.6 is 0 Å². The number of piperidine rings is 1. The average Bonchev–Trinajstić information content (AvgIpc) is 2.72. The van der Waals surface area contributed by atoms with Crippen molar-refractivity contribution in [1.82, 2.24) is 15.0 Å². The zero-order valence-electron chi connectivity index (χ0n) is 9.93. The van der Waals surface area contributed by atoms with Crippen LogP contribution in [0.25, 0.3) is 0 Å². The SMILES string of the molecule is Cc1noc(CCC(=O)N2CCC[C@H](O)C2)n1. The van der Waals surface area contributed by atoms with Gasteiger partial charge in [-0.1, -0.05) is 5.16 Å². The van der Waals surface area contributed by atoms with Crippen LogP contribution in [0, 0.1) is 6.92 Å². The highest BCUT2D eigenvalue weighted by Gasteiger charge is 2.22. The zero-order chi connectivity index (χ0) is 12.3. The Morgan fingerprint density at radius 2 is 2.47 bits per heavy atom. The number of carbonyl (C=O) groups is 1. The molecule has 1 amide bonds. The van der Waals surface area contributed by atoms with Gasteiger partial charge in [-0.05, 0) is 19.8 Å². The maximum absolute atomic E-state index is 11.8. The number of likely N-dealkylation sites (tertiary alicyclic amines) is 1. The van der Waals surface area contributed by atoms with Crippen LogP contribution in [0.1, 0.15) is 31.0 Å². The molecule has 6 heteroatoms. The molecular formula is C11H17N3O3. The summed E-state index contributed by atoms with van der Waals surface area (Å²) in [5, 5.41) is 13.2. The summed E-state index contributed by atoms with van der Waals surface area (Å²) in [4.78, 5) is 17.6. The molecule has 17 heavy (non-hydrogen) atoms. The third kappa shape index (κ3) is 3.26. The number of amides is 1. The summed E-state index contributed by atoms with van der Waals surface area (Å²) in [6.07, 6.45) is 2.10. The Bertz CT molecular complexity index is 391. The molecule has 1 fully saturated rings. The molecule has 1 aliphatic rings. The number of rotatable bonds is 3. The van der Waals surface area contributed by atoms with E-state index in [1.165, 1.54) is 0 Å². The first-order chi connectivity index (χ1) is 8.15. The van der Waals surface area contributed by atoms with E-state index in [-0.39, 0.29) is 12.0 Å². The van der Waals surface area contributed by atoms with Crippen LogP contribution in [0.4, 0.5) is 0 Å². The highest BCUT2D eigenvalue weighted by Crippen LogP contribution is 2.12. The van der Waals surface area contributed by atoms with Crippen LogP contribution in [0.2, 0.25) is 0 Å². The van der Waals surface area contributed by atoms with E-state index in [4.69, 9.17) is 4.52 Å². The molecule has 6 nitrogen and oxygen atoms in total. The van der Waals surface area contributed by atoms with Crippen LogP contribution in [0.3, 0.4) is 0 Å². The molecular weight excluding hydrogens is 222 g/mol. The van der Waals surface area contributed by atoms with E-state index < -0.39 is 0 Å². The number of aliphatic hydroxyl groups excluding tert-OH is 1. The average molecular weight is 239 g/mol. The van der Waals surface area contributed by atoms with Gasteiger partial charge < -0.3 is 14.5 Å². The lowest BCUT2D eigenvalue weighted by Gasteiger charge is -2.30. The number of nitrogens with zero attached hydrogens (tertiary/aromatic N) is 3. The van der Waals surface area contributed by atoms with Crippen LogP contribution < -0.4 is 0 Å². The first kappa shape index (κ1) is 12.0. The fraction of sp³-hybridized carbons (Fsp3) is 0.727. The van der Waals surface area contributed by atoms with E-state index in [1.807, 2.05) is 0 Å². The minimum Gasteiger partial charge on any atom is -0.391 e. The zero-order valence-corrected chi connectivity index (χ0v) is 9.93. The van der Waals surface area contributed by atoms with Gasteiger partial charge in [-0.2, -0.15) is 4.98 Å². The number of hydrogen-bond acceptors (Lipinski definition) is 5. The lowest BCUT2D eigenvalue weighted by molar-refractivity contribution is -0.134. The van der Waals surface area contributed by atoms with E-state index >= 15 is 0 Å². The van der Waals surface area contributed by atoms with Gasteiger partial charge in [0.05, 0.1) is 6.10 Å². The Morgan fingerprint density at radius 3 is 3.12 bits per heavy atom. The van der Waals surface area contributed by atoms with Crippen molar-refractivity contribution in [3.8, 4) is 0 Å². The van der Waals surface area contributed by atoms with E-state index in [9.17, 15) is 9.90 Å². The summed E-state index contributed by atoms with van der Waals surface area (Å²) in [5.41, 5.74) is 0. The van der Waals surface area contributed by atoms with Gasteiger partial charge in [0.25, 0.3) is 0 Å². The molecule has 1 aromatic rings. The Kier molecular flexibility index (Phi) is 3.73. The molecule has 1 saturated heterocycles. The number of aromatic nitrogens is 2. The molecule has 1 N–H and O–H groups in total. The number of aliphatic hydroxyl groups is 1. The summed E-state index contributed by atoms with van der Waals surface area (Å²) in [6, 6.07) is 0. The fourth-order valence-electron chi connectivity index (χ4n) is 1.99. The summed E-state index contributed by atoms with van der Waals surface area (Å²) in [5.74, 6) is 1.12. The van der Waals surface area contributed by atoms with Crippen LogP contribution in [-0.4, -0.2) is 45.2 Å². The van der Waals surface area contributed by atoms with Crippen molar-refractivity contribution >= 4 is 5.91 Å². The Balaban J connectivity index is 1.80. The van der Waals surface area contributed by atoms with Gasteiger partial charge >= 0.3 is 0 Å².